The van der Waals surface area contributed by atoms with Crippen LogP contribution >= 0.6 is 0 Å². The average Bonchev–Trinajstić information content (AvgIpc) is 2.55. The van der Waals surface area contributed by atoms with Crippen molar-refractivity contribution in [3.05, 3.63) is 48.5 Å². The normalized spacial score (nSPS) is 13.2. The van der Waals surface area contributed by atoms with E-state index in [9.17, 15) is 18.0 Å². The summed E-state index contributed by atoms with van der Waals surface area (Å²) in [5.41, 5.74) is 0.334. The molecule has 9 heteroatoms. The maximum atomic E-state index is 12.1. The van der Waals surface area contributed by atoms with Gasteiger partial charge in [-0.2, -0.15) is 8.42 Å². The van der Waals surface area contributed by atoms with E-state index in [0.29, 0.717) is 5.69 Å². The van der Waals surface area contributed by atoms with Crippen molar-refractivity contribution in [2.45, 2.75) is 0 Å². The van der Waals surface area contributed by atoms with Gasteiger partial charge in [-0.25, -0.2) is 4.79 Å². The number of carbonyl (C=O) groups excluding carboxylic acids is 2. The molecule has 0 aliphatic carbocycles. The lowest BCUT2D eigenvalue weighted by atomic mass is 10.2. The molecule has 1 amide bonds. The van der Waals surface area contributed by atoms with E-state index in [1.54, 1.807) is 24.3 Å². The smallest absolute Gasteiger partial charge is 0.450 e. The molecule has 2 aromatic carbocycles. The van der Waals surface area contributed by atoms with Gasteiger partial charge in [0.25, 0.3) is 5.91 Å². The summed E-state index contributed by atoms with van der Waals surface area (Å²) in [6.07, 6.45) is 0. The van der Waals surface area contributed by atoms with Gasteiger partial charge in [0.2, 0.25) is 0 Å². The van der Waals surface area contributed by atoms with Gasteiger partial charge in [0.05, 0.1) is 11.4 Å². The highest BCUT2D eigenvalue weighted by atomic mass is 32.2. The number of amides is 1. The Balaban J connectivity index is 1.81. The second kappa shape index (κ2) is 6.20. The van der Waals surface area contributed by atoms with Gasteiger partial charge in [-0.3, -0.25) is 9.52 Å². The number of fused-ring (bicyclic) bond motifs is 1. The number of ether oxygens (including phenoxy) is 2. The number of sulfonamides is 1. The van der Waals surface area contributed by atoms with Crippen LogP contribution in [0.4, 0.5) is 16.2 Å². The largest absolute Gasteiger partial charge is 0.479 e. The molecule has 2 aromatic rings. The van der Waals surface area contributed by atoms with Gasteiger partial charge in [0, 0.05) is 0 Å². The fourth-order valence-electron chi connectivity index (χ4n) is 2.02. The molecule has 1 aliphatic rings. The molecule has 0 saturated carbocycles. The third-order valence-corrected chi connectivity index (χ3v) is 4.06. The van der Waals surface area contributed by atoms with Crippen LogP contribution in [0.25, 0.3) is 0 Å². The maximum Gasteiger partial charge on any atom is 0.450 e. The summed E-state index contributed by atoms with van der Waals surface area (Å²) in [6.45, 7) is -0.250. The lowest BCUT2D eigenvalue weighted by molar-refractivity contribution is -0.118. The standard InChI is InChI=1S/C15H12N2O6S/c18-13-9-22-14-11(16-13)7-4-8-12(14)17-24(20,21)15(19)23-10-5-2-1-3-6-10/h1-8,17H,9H2,(H,16,18). The summed E-state index contributed by atoms with van der Waals surface area (Å²) in [6, 6.07) is 12.3. The minimum absolute atomic E-state index is 0.0255. The predicted molar refractivity (Wildman–Crippen MR) is 85.6 cm³/mol. The first-order valence-electron chi connectivity index (χ1n) is 6.81. The predicted octanol–water partition coefficient (Wildman–Crippen LogP) is 1.96. The molecule has 2 N–H and O–H groups in total. The van der Waals surface area contributed by atoms with Crippen LogP contribution in [0.3, 0.4) is 0 Å². The van der Waals surface area contributed by atoms with Gasteiger partial charge < -0.3 is 14.8 Å². The van der Waals surface area contributed by atoms with Gasteiger partial charge in [-0.05, 0) is 24.3 Å². The van der Waals surface area contributed by atoms with Crippen LogP contribution in [0.15, 0.2) is 48.5 Å². The van der Waals surface area contributed by atoms with Crippen LogP contribution in [0.2, 0.25) is 0 Å². The Morgan fingerprint density at radius 3 is 2.62 bits per heavy atom. The van der Waals surface area contributed by atoms with Gasteiger partial charge in [-0.1, -0.05) is 24.3 Å². The average molecular weight is 348 g/mol. The van der Waals surface area contributed by atoms with E-state index in [1.807, 2.05) is 0 Å². The molecule has 0 spiro atoms. The zero-order valence-corrected chi connectivity index (χ0v) is 13.0. The minimum Gasteiger partial charge on any atom is -0.479 e. The number of hydrogen-bond donors (Lipinski definition) is 2. The topological polar surface area (TPSA) is 111 Å². The highest BCUT2D eigenvalue weighted by Crippen LogP contribution is 2.36. The van der Waals surface area contributed by atoms with Crippen LogP contribution in [0.5, 0.6) is 11.5 Å². The van der Waals surface area contributed by atoms with Crippen LogP contribution < -0.4 is 19.5 Å². The molecule has 8 nitrogen and oxygen atoms in total. The molecular weight excluding hydrogens is 336 g/mol. The lowest BCUT2D eigenvalue weighted by Gasteiger charge is -2.20. The van der Waals surface area contributed by atoms with Crippen molar-refractivity contribution in [1.29, 1.82) is 0 Å². The molecule has 124 valence electrons. The molecular formula is C15H12N2O6S. The third-order valence-electron chi connectivity index (χ3n) is 3.04. The zero-order valence-electron chi connectivity index (χ0n) is 12.2. The van der Waals surface area contributed by atoms with Crippen LogP contribution in [-0.4, -0.2) is 26.2 Å². The van der Waals surface area contributed by atoms with E-state index in [4.69, 9.17) is 9.47 Å². The first-order valence-corrected chi connectivity index (χ1v) is 8.29. The number of nitrogens with one attached hydrogen (secondary N) is 2. The number of rotatable bonds is 3. The fourth-order valence-corrected chi connectivity index (χ4v) is 2.76. The number of carbonyl (C=O) groups is 2. The van der Waals surface area contributed by atoms with Gasteiger partial charge in [-0.15, -0.1) is 0 Å². The molecule has 0 saturated heterocycles. The summed E-state index contributed by atoms with van der Waals surface area (Å²) in [5.74, 6) is -0.120. The zero-order chi connectivity index (χ0) is 17.2. The fraction of sp³-hybridized carbons (Fsp3) is 0.0667. The molecule has 0 atom stereocenters. The summed E-state index contributed by atoms with van der Waals surface area (Å²) < 4.78 is 36.4. The van der Waals surface area contributed by atoms with E-state index in [1.165, 1.54) is 24.3 Å². The third kappa shape index (κ3) is 3.30. The number of para-hydroxylation sites is 2. The number of anilines is 2. The first-order chi connectivity index (χ1) is 11.5. The van der Waals surface area contributed by atoms with E-state index < -0.39 is 15.3 Å². The van der Waals surface area contributed by atoms with E-state index in [2.05, 4.69) is 10.0 Å². The van der Waals surface area contributed by atoms with E-state index in [0.717, 1.165) is 0 Å². The van der Waals surface area contributed by atoms with E-state index in [-0.39, 0.29) is 29.7 Å². The van der Waals surface area contributed by atoms with Crippen molar-refractivity contribution >= 4 is 32.6 Å². The Morgan fingerprint density at radius 1 is 1.12 bits per heavy atom. The molecule has 24 heavy (non-hydrogen) atoms. The molecule has 0 bridgehead atoms. The van der Waals surface area contributed by atoms with E-state index >= 15 is 0 Å². The maximum absolute atomic E-state index is 12.1. The summed E-state index contributed by atoms with van der Waals surface area (Å²) in [7, 11) is -4.46. The highest BCUT2D eigenvalue weighted by Gasteiger charge is 2.28. The monoisotopic (exact) mass is 348 g/mol. The second-order valence-electron chi connectivity index (χ2n) is 4.79. The molecule has 3 rings (SSSR count). The summed E-state index contributed by atoms with van der Waals surface area (Å²) in [5, 5.41) is 1.09. The quantitative estimate of drug-likeness (QED) is 0.820. The van der Waals surface area contributed by atoms with Gasteiger partial charge in [0.1, 0.15) is 5.75 Å². The van der Waals surface area contributed by atoms with Crippen LogP contribution in [-0.2, 0) is 14.8 Å². The van der Waals surface area contributed by atoms with Gasteiger partial charge in [0.15, 0.2) is 12.4 Å². The van der Waals surface area contributed by atoms with Crippen molar-refractivity contribution in [3.8, 4) is 11.5 Å². The Kier molecular flexibility index (Phi) is 4.09. The Hall–Kier alpha value is -3.07. The molecule has 1 aliphatic heterocycles. The van der Waals surface area contributed by atoms with Gasteiger partial charge >= 0.3 is 15.3 Å². The van der Waals surface area contributed by atoms with Crippen molar-refractivity contribution in [2.75, 3.05) is 16.6 Å². The Morgan fingerprint density at radius 2 is 1.88 bits per heavy atom. The lowest BCUT2D eigenvalue weighted by Crippen LogP contribution is -2.29. The van der Waals surface area contributed by atoms with Crippen molar-refractivity contribution in [1.82, 2.24) is 0 Å². The number of hydrogen-bond acceptors (Lipinski definition) is 6. The minimum atomic E-state index is -4.46. The summed E-state index contributed by atoms with van der Waals surface area (Å²) >= 11 is 0. The molecule has 0 aromatic heterocycles. The first kappa shape index (κ1) is 15.8. The van der Waals surface area contributed by atoms with Crippen molar-refractivity contribution in [3.63, 3.8) is 0 Å². The van der Waals surface area contributed by atoms with Crippen LogP contribution in [0.1, 0.15) is 0 Å². The van der Waals surface area contributed by atoms with Crippen molar-refractivity contribution < 1.29 is 27.5 Å². The molecule has 0 fully saturated rings. The number of benzene rings is 2. The Labute approximate surface area is 137 Å². The SMILES string of the molecule is O=C1COc2c(cccc2NS(=O)(=O)C(=O)Oc2ccccc2)N1. The molecule has 0 unspecified atom stereocenters. The molecule has 1 heterocycles. The molecule has 0 radical (unpaired) electrons. The highest BCUT2D eigenvalue weighted by molar-refractivity contribution is 8.06. The van der Waals surface area contributed by atoms with Crippen LogP contribution in [0, 0.1) is 0 Å². The second-order valence-corrected chi connectivity index (χ2v) is 6.33. The Bertz CT molecular complexity index is 895. The van der Waals surface area contributed by atoms with Crippen molar-refractivity contribution in [2.24, 2.45) is 0 Å². The summed E-state index contributed by atoms with van der Waals surface area (Å²) in [4.78, 5) is 23.2.